The molecule has 0 saturated heterocycles. The molecule has 0 bridgehead atoms. The highest BCUT2D eigenvalue weighted by molar-refractivity contribution is 5.91. The summed E-state index contributed by atoms with van der Waals surface area (Å²) in [6.45, 7) is 0.722. The van der Waals surface area contributed by atoms with Gasteiger partial charge in [-0.05, 0) is 30.5 Å². The third-order valence-corrected chi connectivity index (χ3v) is 7.33. The third-order valence-electron chi connectivity index (χ3n) is 7.33. The van der Waals surface area contributed by atoms with E-state index in [1.54, 1.807) is 6.20 Å². The van der Waals surface area contributed by atoms with Gasteiger partial charge in [-0.1, -0.05) is 66.7 Å². The average Bonchev–Trinajstić information content (AvgIpc) is 3.47. The summed E-state index contributed by atoms with van der Waals surface area (Å²) in [6.07, 6.45) is 4.77. The second-order valence-electron chi connectivity index (χ2n) is 9.75. The molecule has 1 fully saturated rings. The third kappa shape index (κ3) is 3.67. The van der Waals surface area contributed by atoms with Crippen molar-refractivity contribution in [2.45, 2.75) is 31.4 Å². The van der Waals surface area contributed by atoms with Crippen molar-refractivity contribution in [2.75, 3.05) is 5.73 Å². The largest absolute Gasteiger partial charge is 0.393 e. The quantitative estimate of drug-likeness (QED) is 0.346. The van der Waals surface area contributed by atoms with Gasteiger partial charge in [-0.15, -0.1) is 0 Å². The summed E-state index contributed by atoms with van der Waals surface area (Å²) in [5.41, 5.74) is 13.1. The average molecular weight is 487 g/mol. The van der Waals surface area contributed by atoms with Gasteiger partial charge in [0.1, 0.15) is 28.7 Å². The van der Waals surface area contributed by atoms with Gasteiger partial charge in [-0.2, -0.15) is 0 Å². The molecule has 3 N–H and O–H groups in total. The van der Waals surface area contributed by atoms with Crippen LogP contribution in [0.15, 0.2) is 91.3 Å². The number of hydrogen-bond donors (Lipinski definition) is 2. The van der Waals surface area contributed by atoms with Gasteiger partial charge < -0.3 is 15.4 Å². The highest BCUT2D eigenvalue weighted by Crippen LogP contribution is 2.40. The number of nitrogens with zero attached hydrogens (tertiary/aromatic N) is 5. The lowest BCUT2D eigenvalue weighted by atomic mass is 9.82. The van der Waals surface area contributed by atoms with Crippen LogP contribution in [-0.4, -0.2) is 35.1 Å². The maximum absolute atomic E-state index is 9.89. The van der Waals surface area contributed by atoms with Gasteiger partial charge in [-0.3, -0.25) is 4.40 Å². The number of benzene rings is 3. The molecule has 3 aromatic heterocycles. The van der Waals surface area contributed by atoms with E-state index in [9.17, 15) is 5.11 Å². The van der Waals surface area contributed by atoms with Crippen LogP contribution in [0.3, 0.4) is 0 Å². The smallest absolute Gasteiger partial charge is 0.150 e. The predicted octanol–water partition coefficient (Wildman–Crippen LogP) is 5.28. The summed E-state index contributed by atoms with van der Waals surface area (Å²) < 4.78 is 4.30. The van der Waals surface area contributed by atoms with E-state index in [0.29, 0.717) is 18.7 Å². The molecule has 3 aromatic carbocycles. The van der Waals surface area contributed by atoms with Gasteiger partial charge in [0.2, 0.25) is 0 Å². The monoisotopic (exact) mass is 486 g/mol. The summed E-state index contributed by atoms with van der Waals surface area (Å²) in [4.78, 5) is 14.5. The maximum Gasteiger partial charge on any atom is 0.150 e. The molecule has 182 valence electrons. The van der Waals surface area contributed by atoms with E-state index in [2.05, 4.69) is 64.1 Å². The Hall–Kier alpha value is -4.49. The van der Waals surface area contributed by atoms with Crippen molar-refractivity contribution in [1.29, 1.82) is 0 Å². The number of aromatic nitrogens is 5. The van der Waals surface area contributed by atoms with Crippen molar-refractivity contribution in [3.05, 3.63) is 103 Å². The fraction of sp³-hybridized carbons (Fsp3) is 0.167. The highest BCUT2D eigenvalue weighted by atomic mass is 16.3. The van der Waals surface area contributed by atoms with Crippen LogP contribution in [0.1, 0.15) is 30.1 Å². The number of aliphatic hydroxyl groups is 1. The Balaban J connectivity index is 1.40. The highest BCUT2D eigenvalue weighted by Gasteiger charge is 2.33. The van der Waals surface area contributed by atoms with Crippen LogP contribution in [0, 0.1) is 0 Å². The number of hydrogen-bond acceptors (Lipinski definition) is 5. The van der Waals surface area contributed by atoms with Crippen LogP contribution < -0.4 is 5.73 Å². The molecule has 7 heteroatoms. The molecule has 1 aliphatic rings. The first-order valence-electron chi connectivity index (χ1n) is 12.6. The Kier molecular flexibility index (Phi) is 5.04. The van der Waals surface area contributed by atoms with Gasteiger partial charge in [0.25, 0.3) is 0 Å². The minimum Gasteiger partial charge on any atom is -0.393 e. The van der Waals surface area contributed by atoms with Crippen LogP contribution in [-0.2, 0) is 6.54 Å². The topological polar surface area (TPSA) is 94.3 Å². The summed E-state index contributed by atoms with van der Waals surface area (Å²) in [6, 6.07) is 27.0. The molecular formula is C30H26N6O. The van der Waals surface area contributed by atoms with Gasteiger partial charge in [0.15, 0.2) is 0 Å². The van der Waals surface area contributed by atoms with Crippen molar-refractivity contribution in [3.63, 3.8) is 0 Å². The van der Waals surface area contributed by atoms with Crippen LogP contribution in [0.25, 0.3) is 39.2 Å². The van der Waals surface area contributed by atoms with E-state index < -0.39 is 0 Å². The Morgan fingerprint density at radius 3 is 2.41 bits per heavy atom. The van der Waals surface area contributed by atoms with Crippen molar-refractivity contribution in [3.8, 4) is 22.6 Å². The van der Waals surface area contributed by atoms with Crippen molar-refractivity contribution < 1.29 is 5.11 Å². The molecule has 0 atom stereocenters. The van der Waals surface area contributed by atoms with Gasteiger partial charge >= 0.3 is 0 Å². The number of nitrogens with two attached hydrogens (primary N) is 1. The van der Waals surface area contributed by atoms with E-state index in [1.165, 1.54) is 5.56 Å². The zero-order valence-electron chi connectivity index (χ0n) is 20.2. The van der Waals surface area contributed by atoms with E-state index in [0.717, 1.165) is 51.6 Å². The molecule has 0 radical (unpaired) electrons. The number of nitrogen functional groups attached to an aromatic ring is 1. The van der Waals surface area contributed by atoms with Gasteiger partial charge in [-0.25, -0.2) is 15.0 Å². The molecule has 3 heterocycles. The molecule has 1 aliphatic carbocycles. The van der Waals surface area contributed by atoms with Crippen LogP contribution in [0.4, 0.5) is 5.82 Å². The molecule has 7 rings (SSSR count). The minimum absolute atomic E-state index is 0.205. The molecule has 0 unspecified atom stereocenters. The lowest BCUT2D eigenvalue weighted by Crippen LogP contribution is -2.27. The Bertz CT molecular complexity index is 1730. The molecular weight excluding hydrogens is 460 g/mol. The summed E-state index contributed by atoms with van der Waals surface area (Å²) in [5.74, 6) is 2.49. The van der Waals surface area contributed by atoms with Crippen LogP contribution >= 0.6 is 0 Å². The Morgan fingerprint density at radius 2 is 1.65 bits per heavy atom. The second kappa shape index (κ2) is 8.57. The normalized spacial score (nSPS) is 17.3. The Morgan fingerprint density at radius 1 is 0.892 bits per heavy atom. The molecule has 1 saturated carbocycles. The molecule has 0 amide bonds. The Labute approximate surface area is 213 Å². The number of anilines is 1. The van der Waals surface area contributed by atoms with E-state index in [1.807, 2.05) is 34.9 Å². The molecule has 37 heavy (non-hydrogen) atoms. The number of imidazole rings is 2. The number of aliphatic hydroxyl groups excluding tert-OH is 1. The van der Waals surface area contributed by atoms with Crippen molar-refractivity contribution in [1.82, 2.24) is 23.9 Å². The number of fused-ring (bicyclic) bond motifs is 2. The standard InChI is InChI=1S/C30H26N6O/c31-28-27-26(34-30(22-15-23(37)16-22)35(27)14-13-32-28)21-11-12-25-24(17-21)33-29(20-9-5-2-6-10-20)36(25)18-19-7-3-1-4-8-19/h1-14,17,22-23,37H,15-16,18H2,(H2,31,32)/t22-,23+. The summed E-state index contributed by atoms with van der Waals surface area (Å²) >= 11 is 0. The first kappa shape index (κ1) is 21.8. The van der Waals surface area contributed by atoms with Gasteiger partial charge in [0.05, 0.1) is 17.1 Å². The van der Waals surface area contributed by atoms with Crippen LogP contribution in [0.2, 0.25) is 0 Å². The van der Waals surface area contributed by atoms with E-state index in [4.69, 9.17) is 15.7 Å². The fourth-order valence-corrected chi connectivity index (χ4v) is 5.39. The second-order valence-corrected chi connectivity index (χ2v) is 9.75. The first-order chi connectivity index (χ1) is 18.2. The molecule has 0 aliphatic heterocycles. The predicted molar refractivity (Wildman–Crippen MR) is 145 cm³/mol. The SMILES string of the molecule is Nc1nccn2c1c(-c1ccc3c(c1)nc(-c1ccccc1)n3Cc1ccccc1)nc2[C@H]1C[C@@H](O)C1. The maximum atomic E-state index is 9.89. The van der Waals surface area contributed by atoms with Crippen molar-refractivity contribution >= 4 is 22.4 Å². The lowest BCUT2D eigenvalue weighted by molar-refractivity contribution is 0.0715. The summed E-state index contributed by atoms with van der Waals surface area (Å²) in [5, 5.41) is 9.89. The van der Waals surface area contributed by atoms with E-state index in [-0.39, 0.29) is 12.0 Å². The zero-order valence-corrected chi connectivity index (χ0v) is 20.2. The summed E-state index contributed by atoms with van der Waals surface area (Å²) in [7, 11) is 0. The molecule has 6 aromatic rings. The van der Waals surface area contributed by atoms with Crippen LogP contribution in [0.5, 0.6) is 0 Å². The molecule has 7 nitrogen and oxygen atoms in total. The first-order valence-corrected chi connectivity index (χ1v) is 12.6. The van der Waals surface area contributed by atoms with E-state index >= 15 is 0 Å². The minimum atomic E-state index is -0.263. The zero-order chi connectivity index (χ0) is 24.9. The number of rotatable bonds is 5. The molecule has 0 spiro atoms. The lowest BCUT2D eigenvalue weighted by Gasteiger charge is -2.30. The van der Waals surface area contributed by atoms with Gasteiger partial charge in [0, 0.05) is 36.0 Å². The fourth-order valence-electron chi connectivity index (χ4n) is 5.39. The van der Waals surface area contributed by atoms with Crippen molar-refractivity contribution in [2.24, 2.45) is 0 Å².